The van der Waals surface area contributed by atoms with Gasteiger partial charge >= 0.3 is 5.97 Å². The number of carbonyl (C=O) groups is 1. The molecule has 0 atom stereocenters. The van der Waals surface area contributed by atoms with Gasteiger partial charge in [-0.15, -0.1) is 11.3 Å². The number of piperazine rings is 1. The van der Waals surface area contributed by atoms with E-state index in [1.54, 1.807) is 17.4 Å². The number of nitrogens with zero attached hydrogens (tertiary/aromatic N) is 3. The second kappa shape index (κ2) is 7.68. The largest absolute Gasteiger partial charge is 0.478 e. The highest BCUT2D eigenvalue weighted by atomic mass is 32.1. The van der Waals surface area contributed by atoms with Gasteiger partial charge in [-0.25, -0.2) is 9.78 Å². The number of carboxylic acids is 1. The zero-order valence-corrected chi connectivity index (χ0v) is 13.5. The molecule has 0 spiro atoms. The van der Waals surface area contributed by atoms with E-state index < -0.39 is 5.97 Å². The van der Waals surface area contributed by atoms with Crippen LogP contribution in [0.2, 0.25) is 0 Å². The first-order chi connectivity index (χ1) is 10.1. The van der Waals surface area contributed by atoms with E-state index in [2.05, 4.69) is 23.8 Å². The third-order valence-corrected chi connectivity index (χ3v) is 4.64. The maximum Gasteiger partial charge on any atom is 0.328 e. The fourth-order valence-electron chi connectivity index (χ4n) is 2.37. The second-order valence-electron chi connectivity index (χ2n) is 5.42. The molecule has 2 rings (SSSR count). The number of thiazole rings is 1. The molecular formula is C15H23N3O2S. The molecule has 2 heterocycles. The van der Waals surface area contributed by atoms with Crippen molar-refractivity contribution in [1.82, 2.24) is 14.8 Å². The molecule has 0 aromatic carbocycles. The van der Waals surface area contributed by atoms with Crippen LogP contribution in [0.25, 0.3) is 6.08 Å². The van der Waals surface area contributed by atoms with E-state index in [0.29, 0.717) is 0 Å². The van der Waals surface area contributed by atoms with Crippen molar-refractivity contribution in [2.24, 2.45) is 0 Å². The zero-order chi connectivity index (χ0) is 15.2. The summed E-state index contributed by atoms with van der Waals surface area (Å²) in [6.45, 7) is 7.32. The van der Waals surface area contributed by atoms with Gasteiger partial charge in [0.1, 0.15) is 5.01 Å². The van der Waals surface area contributed by atoms with E-state index >= 15 is 0 Å². The third kappa shape index (κ3) is 4.91. The van der Waals surface area contributed by atoms with Gasteiger partial charge in [0.25, 0.3) is 0 Å². The van der Waals surface area contributed by atoms with Crippen LogP contribution in [0.4, 0.5) is 0 Å². The standard InChI is InChI=1S/C15H23N3O2S/c1-3-4-12-13(5-6-15(19)20)21-14(16-12)11-18-9-7-17(2)8-10-18/h5-6H,3-4,7-11H2,1-2H3,(H,19,20)/b6-5+. The maximum atomic E-state index is 10.7. The summed E-state index contributed by atoms with van der Waals surface area (Å²) in [5.41, 5.74) is 1.03. The Balaban J connectivity index is 2.05. The van der Waals surface area contributed by atoms with Gasteiger partial charge in [-0.05, 0) is 19.5 Å². The quantitative estimate of drug-likeness (QED) is 0.814. The molecule has 0 radical (unpaired) electrons. The number of hydrogen-bond donors (Lipinski definition) is 1. The average molecular weight is 309 g/mol. The Bertz CT molecular complexity index is 505. The Hall–Kier alpha value is -1.24. The molecule has 1 saturated heterocycles. The number of aromatic nitrogens is 1. The lowest BCUT2D eigenvalue weighted by Crippen LogP contribution is -2.43. The molecule has 116 valence electrons. The summed E-state index contributed by atoms with van der Waals surface area (Å²) >= 11 is 1.62. The monoisotopic (exact) mass is 309 g/mol. The predicted molar refractivity (Wildman–Crippen MR) is 85.6 cm³/mol. The molecule has 0 amide bonds. The van der Waals surface area contributed by atoms with Crippen LogP contribution in [0, 0.1) is 0 Å². The van der Waals surface area contributed by atoms with Gasteiger partial charge in [0.15, 0.2) is 0 Å². The van der Waals surface area contributed by atoms with E-state index in [4.69, 9.17) is 10.1 Å². The summed E-state index contributed by atoms with van der Waals surface area (Å²) in [4.78, 5) is 21.1. The van der Waals surface area contributed by atoms with Crippen LogP contribution in [0.1, 0.15) is 28.9 Å². The molecule has 0 aliphatic carbocycles. The number of carboxylic acid groups (broad SMARTS) is 1. The van der Waals surface area contributed by atoms with E-state index in [-0.39, 0.29) is 0 Å². The van der Waals surface area contributed by atoms with Gasteiger partial charge in [0, 0.05) is 32.3 Å². The van der Waals surface area contributed by atoms with Crippen LogP contribution in [-0.2, 0) is 17.8 Å². The molecule has 1 N–H and O–H groups in total. The van der Waals surface area contributed by atoms with Crippen LogP contribution in [0.5, 0.6) is 0 Å². The molecule has 1 aliphatic heterocycles. The van der Waals surface area contributed by atoms with Crippen molar-refractivity contribution in [2.45, 2.75) is 26.3 Å². The zero-order valence-electron chi connectivity index (χ0n) is 12.7. The third-order valence-electron chi connectivity index (χ3n) is 3.59. The first-order valence-electron chi connectivity index (χ1n) is 7.39. The summed E-state index contributed by atoms with van der Waals surface area (Å²) in [6.07, 6.45) is 4.80. The molecule has 1 aliphatic rings. The second-order valence-corrected chi connectivity index (χ2v) is 6.53. The first-order valence-corrected chi connectivity index (χ1v) is 8.20. The van der Waals surface area contributed by atoms with Crippen LogP contribution in [-0.4, -0.2) is 59.1 Å². The molecule has 21 heavy (non-hydrogen) atoms. The topological polar surface area (TPSA) is 56.7 Å². The lowest BCUT2D eigenvalue weighted by molar-refractivity contribution is -0.131. The molecule has 0 unspecified atom stereocenters. The van der Waals surface area contributed by atoms with Gasteiger partial charge in [0.05, 0.1) is 17.1 Å². The molecule has 1 fully saturated rings. The van der Waals surface area contributed by atoms with Crippen LogP contribution in [0.15, 0.2) is 6.08 Å². The number of hydrogen-bond acceptors (Lipinski definition) is 5. The molecule has 0 bridgehead atoms. The van der Waals surface area contributed by atoms with Gasteiger partial charge in [-0.2, -0.15) is 0 Å². The minimum atomic E-state index is -0.911. The maximum absolute atomic E-state index is 10.7. The fourth-order valence-corrected chi connectivity index (χ4v) is 3.43. The number of rotatable bonds is 6. The molecule has 6 heteroatoms. The summed E-state index contributed by atoms with van der Waals surface area (Å²) in [7, 11) is 2.15. The summed E-state index contributed by atoms with van der Waals surface area (Å²) in [6, 6.07) is 0. The van der Waals surface area contributed by atoms with Crippen LogP contribution in [0.3, 0.4) is 0 Å². The summed E-state index contributed by atoms with van der Waals surface area (Å²) < 4.78 is 0. The summed E-state index contributed by atoms with van der Waals surface area (Å²) in [5.74, 6) is -0.911. The smallest absolute Gasteiger partial charge is 0.328 e. The minimum Gasteiger partial charge on any atom is -0.478 e. The van der Waals surface area contributed by atoms with Gasteiger partial charge < -0.3 is 10.0 Å². The normalized spacial score (nSPS) is 17.6. The SMILES string of the molecule is CCCc1nc(CN2CCN(C)CC2)sc1/C=C/C(=O)O. The van der Waals surface area contributed by atoms with Crippen molar-refractivity contribution in [3.8, 4) is 0 Å². The minimum absolute atomic E-state index is 0.871. The fraction of sp³-hybridized carbons (Fsp3) is 0.600. The Labute approximate surface area is 129 Å². The number of likely N-dealkylation sites (N-methyl/N-ethyl adjacent to an activating group) is 1. The molecule has 5 nitrogen and oxygen atoms in total. The number of aliphatic carboxylic acids is 1. The van der Waals surface area contributed by atoms with E-state index in [1.165, 1.54) is 6.08 Å². The van der Waals surface area contributed by atoms with E-state index in [9.17, 15) is 4.79 Å². The highest BCUT2D eigenvalue weighted by Gasteiger charge is 2.16. The summed E-state index contributed by atoms with van der Waals surface area (Å²) in [5, 5.41) is 9.86. The van der Waals surface area contributed by atoms with Crippen LogP contribution >= 0.6 is 11.3 Å². The van der Waals surface area contributed by atoms with Crippen molar-refractivity contribution in [3.63, 3.8) is 0 Å². The van der Waals surface area contributed by atoms with Gasteiger partial charge in [-0.3, -0.25) is 4.90 Å². The Morgan fingerprint density at radius 3 is 2.71 bits per heavy atom. The number of aryl methyl sites for hydroxylation is 1. The lowest BCUT2D eigenvalue weighted by atomic mass is 10.2. The van der Waals surface area contributed by atoms with Gasteiger partial charge in [0.2, 0.25) is 0 Å². The first kappa shape index (κ1) is 16.1. The highest BCUT2D eigenvalue weighted by molar-refractivity contribution is 7.12. The highest BCUT2D eigenvalue weighted by Crippen LogP contribution is 2.23. The molecule has 0 saturated carbocycles. The van der Waals surface area contributed by atoms with Crippen LogP contribution < -0.4 is 0 Å². The predicted octanol–water partition coefficient (Wildman–Crippen LogP) is 1.94. The molecule has 1 aromatic heterocycles. The molecular weight excluding hydrogens is 286 g/mol. The Morgan fingerprint density at radius 1 is 1.38 bits per heavy atom. The Kier molecular flexibility index (Phi) is 5.90. The van der Waals surface area contributed by atoms with Crippen molar-refractivity contribution >= 4 is 23.4 Å². The average Bonchev–Trinajstić information content (AvgIpc) is 2.81. The Morgan fingerprint density at radius 2 is 2.10 bits per heavy atom. The van der Waals surface area contributed by atoms with E-state index in [1.807, 2.05) is 0 Å². The van der Waals surface area contributed by atoms with Crippen molar-refractivity contribution in [3.05, 3.63) is 21.7 Å². The molecule has 1 aromatic rings. The van der Waals surface area contributed by atoms with Crippen molar-refractivity contribution < 1.29 is 9.90 Å². The van der Waals surface area contributed by atoms with Gasteiger partial charge in [-0.1, -0.05) is 13.3 Å². The lowest BCUT2D eigenvalue weighted by Gasteiger charge is -2.31. The van der Waals surface area contributed by atoms with E-state index in [0.717, 1.165) is 61.1 Å². The van der Waals surface area contributed by atoms with Crippen molar-refractivity contribution in [2.75, 3.05) is 33.2 Å². The van der Waals surface area contributed by atoms with Crippen molar-refractivity contribution in [1.29, 1.82) is 0 Å².